The fourth-order valence-corrected chi connectivity index (χ4v) is 3.05. The number of amides is 1. The number of sulfone groups is 1. The number of rotatable bonds is 3. The molecule has 0 aliphatic carbocycles. The minimum absolute atomic E-state index is 0. The van der Waals surface area contributed by atoms with Gasteiger partial charge in [-0.15, -0.1) is 12.4 Å². The second-order valence-corrected chi connectivity index (χ2v) is 7.19. The number of hydrogen-bond acceptors (Lipinski definition) is 4. The molecule has 1 atom stereocenters. The molecule has 1 saturated heterocycles. The van der Waals surface area contributed by atoms with Gasteiger partial charge in [-0.25, -0.2) is 8.42 Å². The predicted molar refractivity (Wildman–Crippen MR) is 84.8 cm³/mol. The average Bonchev–Trinajstić information content (AvgIpc) is 2.46. The Kier molecular flexibility index (Phi) is 6.19. The molecular formula is C14H21ClN2O3S. The van der Waals surface area contributed by atoms with E-state index in [9.17, 15) is 13.2 Å². The standard InChI is InChI=1S/C14H20N2O3S.ClH/c1-15-12-4-3-9-16(10-12)14(17)11-5-7-13(8-6-11)20(2,18)19;/h5-8,12,15H,3-4,9-10H2,1-2H3;1H. The third-order valence-electron chi connectivity index (χ3n) is 3.65. The lowest BCUT2D eigenvalue weighted by molar-refractivity contribution is 0.0698. The summed E-state index contributed by atoms with van der Waals surface area (Å²) in [6.45, 7) is 1.45. The molecule has 1 aromatic carbocycles. The number of halogens is 1. The molecular weight excluding hydrogens is 312 g/mol. The van der Waals surface area contributed by atoms with Crippen molar-refractivity contribution in [2.24, 2.45) is 0 Å². The quantitative estimate of drug-likeness (QED) is 0.907. The number of nitrogens with one attached hydrogen (secondary N) is 1. The Balaban J connectivity index is 0.00000220. The van der Waals surface area contributed by atoms with E-state index in [0.717, 1.165) is 25.6 Å². The maximum atomic E-state index is 12.4. The van der Waals surface area contributed by atoms with E-state index in [2.05, 4.69) is 5.32 Å². The summed E-state index contributed by atoms with van der Waals surface area (Å²) < 4.78 is 22.8. The smallest absolute Gasteiger partial charge is 0.253 e. The molecule has 0 aromatic heterocycles. The molecule has 1 aromatic rings. The van der Waals surface area contributed by atoms with Gasteiger partial charge >= 0.3 is 0 Å². The first kappa shape index (κ1) is 17.9. The Morgan fingerprint density at radius 1 is 1.29 bits per heavy atom. The first-order valence-electron chi connectivity index (χ1n) is 6.68. The summed E-state index contributed by atoms with van der Waals surface area (Å²) in [7, 11) is -1.32. The average molecular weight is 333 g/mol. The van der Waals surface area contributed by atoms with Gasteiger partial charge in [-0.2, -0.15) is 0 Å². The summed E-state index contributed by atoms with van der Waals surface area (Å²) in [4.78, 5) is 14.4. The molecule has 1 N–H and O–H groups in total. The van der Waals surface area contributed by atoms with E-state index in [0.29, 0.717) is 18.2 Å². The lowest BCUT2D eigenvalue weighted by Gasteiger charge is -2.32. The van der Waals surface area contributed by atoms with E-state index >= 15 is 0 Å². The van der Waals surface area contributed by atoms with Crippen molar-refractivity contribution < 1.29 is 13.2 Å². The Morgan fingerprint density at radius 3 is 2.43 bits per heavy atom. The first-order chi connectivity index (χ1) is 9.41. The van der Waals surface area contributed by atoms with Gasteiger partial charge in [0, 0.05) is 31.0 Å². The number of piperidine rings is 1. The van der Waals surface area contributed by atoms with Crippen LogP contribution in [0.4, 0.5) is 0 Å². The van der Waals surface area contributed by atoms with Gasteiger partial charge in [-0.05, 0) is 44.2 Å². The molecule has 1 aliphatic heterocycles. The molecule has 1 fully saturated rings. The number of carbonyl (C=O) groups excluding carboxylic acids is 1. The zero-order valence-corrected chi connectivity index (χ0v) is 13.8. The Hall–Kier alpha value is -1.11. The van der Waals surface area contributed by atoms with Crippen LogP contribution in [0.5, 0.6) is 0 Å². The molecule has 0 radical (unpaired) electrons. The third kappa shape index (κ3) is 4.43. The van der Waals surface area contributed by atoms with Crippen LogP contribution >= 0.6 is 12.4 Å². The van der Waals surface area contributed by atoms with Crippen LogP contribution in [0.1, 0.15) is 23.2 Å². The lowest BCUT2D eigenvalue weighted by Crippen LogP contribution is -2.46. The molecule has 21 heavy (non-hydrogen) atoms. The predicted octanol–water partition coefficient (Wildman–Crippen LogP) is 1.34. The van der Waals surface area contributed by atoms with Crippen molar-refractivity contribution in [3.05, 3.63) is 29.8 Å². The van der Waals surface area contributed by atoms with Gasteiger partial charge in [-0.1, -0.05) is 0 Å². The fraction of sp³-hybridized carbons (Fsp3) is 0.500. The highest BCUT2D eigenvalue weighted by Crippen LogP contribution is 2.16. The summed E-state index contributed by atoms with van der Waals surface area (Å²) in [5.74, 6) is -0.0370. The lowest BCUT2D eigenvalue weighted by atomic mass is 10.0. The SMILES string of the molecule is CNC1CCCN(C(=O)c2ccc(S(C)(=O)=O)cc2)C1.Cl. The highest BCUT2D eigenvalue weighted by Gasteiger charge is 2.23. The minimum Gasteiger partial charge on any atom is -0.337 e. The van der Waals surface area contributed by atoms with E-state index in [-0.39, 0.29) is 23.2 Å². The Labute approximate surface area is 132 Å². The summed E-state index contributed by atoms with van der Waals surface area (Å²) in [6, 6.07) is 6.48. The number of likely N-dealkylation sites (tertiary alicyclic amines) is 1. The molecule has 7 heteroatoms. The van der Waals surface area contributed by atoms with Crippen molar-refractivity contribution in [1.82, 2.24) is 10.2 Å². The molecule has 1 amide bonds. The largest absolute Gasteiger partial charge is 0.337 e. The minimum atomic E-state index is -3.22. The Bertz CT molecular complexity index is 587. The van der Waals surface area contributed by atoms with Crippen molar-refractivity contribution in [2.45, 2.75) is 23.8 Å². The van der Waals surface area contributed by atoms with Gasteiger partial charge < -0.3 is 10.2 Å². The van der Waals surface area contributed by atoms with Gasteiger partial charge in [0.05, 0.1) is 4.90 Å². The van der Waals surface area contributed by atoms with E-state index in [1.807, 2.05) is 11.9 Å². The van der Waals surface area contributed by atoms with Crippen LogP contribution in [-0.2, 0) is 9.84 Å². The third-order valence-corrected chi connectivity index (χ3v) is 4.77. The number of likely N-dealkylation sites (N-methyl/N-ethyl adjacent to an activating group) is 1. The van der Waals surface area contributed by atoms with Crippen molar-refractivity contribution in [1.29, 1.82) is 0 Å². The zero-order chi connectivity index (χ0) is 14.8. The molecule has 1 aliphatic rings. The number of benzene rings is 1. The van der Waals surface area contributed by atoms with Crippen LogP contribution in [0.2, 0.25) is 0 Å². The second-order valence-electron chi connectivity index (χ2n) is 5.18. The van der Waals surface area contributed by atoms with Crippen molar-refractivity contribution in [2.75, 3.05) is 26.4 Å². The summed E-state index contributed by atoms with van der Waals surface area (Å²) in [6.07, 6.45) is 3.22. The van der Waals surface area contributed by atoms with Crippen LogP contribution in [0.3, 0.4) is 0 Å². The number of carbonyl (C=O) groups is 1. The van der Waals surface area contributed by atoms with E-state index in [1.165, 1.54) is 12.1 Å². The van der Waals surface area contributed by atoms with E-state index in [1.54, 1.807) is 12.1 Å². The molecule has 0 bridgehead atoms. The van der Waals surface area contributed by atoms with Gasteiger partial charge in [0.25, 0.3) is 5.91 Å². The molecule has 0 saturated carbocycles. The Morgan fingerprint density at radius 2 is 1.90 bits per heavy atom. The molecule has 0 spiro atoms. The molecule has 118 valence electrons. The number of nitrogens with zero attached hydrogens (tertiary/aromatic N) is 1. The number of hydrogen-bond donors (Lipinski definition) is 1. The van der Waals surface area contributed by atoms with Crippen LogP contribution in [-0.4, -0.2) is 51.7 Å². The first-order valence-corrected chi connectivity index (χ1v) is 8.57. The molecule has 1 unspecified atom stereocenters. The summed E-state index contributed by atoms with van der Waals surface area (Å²) in [5.41, 5.74) is 0.536. The van der Waals surface area contributed by atoms with Crippen LogP contribution in [0, 0.1) is 0 Å². The van der Waals surface area contributed by atoms with Crippen molar-refractivity contribution in [3.63, 3.8) is 0 Å². The maximum Gasteiger partial charge on any atom is 0.253 e. The normalized spacial score (nSPS) is 19.0. The fourth-order valence-electron chi connectivity index (χ4n) is 2.42. The van der Waals surface area contributed by atoms with Gasteiger partial charge in [0.15, 0.2) is 9.84 Å². The summed E-state index contributed by atoms with van der Waals surface area (Å²) in [5, 5.41) is 3.20. The summed E-state index contributed by atoms with van der Waals surface area (Å²) >= 11 is 0. The molecule has 1 heterocycles. The molecule has 2 rings (SSSR count). The maximum absolute atomic E-state index is 12.4. The second kappa shape index (κ2) is 7.24. The van der Waals surface area contributed by atoms with Crippen molar-refractivity contribution in [3.8, 4) is 0 Å². The molecule has 5 nitrogen and oxygen atoms in total. The van der Waals surface area contributed by atoms with Gasteiger partial charge in [-0.3, -0.25) is 4.79 Å². The van der Waals surface area contributed by atoms with Crippen LogP contribution < -0.4 is 5.32 Å². The van der Waals surface area contributed by atoms with Crippen LogP contribution in [0.25, 0.3) is 0 Å². The zero-order valence-electron chi connectivity index (χ0n) is 12.2. The van der Waals surface area contributed by atoms with E-state index < -0.39 is 9.84 Å². The topological polar surface area (TPSA) is 66.5 Å². The van der Waals surface area contributed by atoms with Crippen LogP contribution in [0.15, 0.2) is 29.2 Å². The van der Waals surface area contributed by atoms with Crippen molar-refractivity contribution >= 4 is 28.2 Å². The van der Waals surface area contributed by atoms with Gasteiger partial charge in [0.1, 0.15) is 0 Å². The van der Waals surface area contributed by atoms with E-state index in [4.69, 9.17) is 0 Å². The van der Waals surface area contributed by atoms with Gasteiger partial charge in [0.2, 0.25) is 0 Å². The highest BCUT2D eigenvalue weighted by atomic mass is 35.5. The highest BCUT2D eigenvalue weighted by molar-refractivity contribution is 7.90. The monoisotopic (exact) mass is 332 g/mol.